The second-order valence-electron chi connectivity index (χ2n) is 4.00. The van der Waals surface area contributed by atoms with Crippen LogP contribution in [0.2, 0.25) is 30.1 Å². The van der Waals surface area contributed by atoms with E-state index in [9.17, 15) is 9.90 Å². The molecule has 9 heteroatoms. The summed E-state index contributed by atoms with van der Waals surface area (Å²) in [5, 5.41) is 11.2. The topological polar surface area (TPSA) is 43.4 Å². The fraction of sp³-hybridized carbons (Fsp3) is 0. The number of carboxylic acid groups (broad SMARTS) is 1. The van der Waals surface area contributed by atoms with Gasteiger partial charge in [0.15, 0.2) is 0 Å². The van der Waals surface area contributed by atoms with Gasteiger partial charge < -0.3 is 9.90 Å². The van der Waals surface area contributed by atoms with Gasteiger partial charge in [-0.3, -0.25) is 4.90 Å². The Kier molecular flexibility index (Phi) is 5.59. The summed E-state index contributed by atoms with van der Waals surface area (Å²) in [6, 6.07) is 5.99. The zero-order chi connectivity index (χ0) is 16.6. The molecule has 0 aromatic heterocycles. The molecule has 0 heterocycles. The van der Waals surface area contributed by atoms with Gasteiger partial charge in [0.1, 0.15) is 6.09 Å². The zero-order valence-electron chi connectivity index (χ0n) is 10.3. The molecule has 3 nitrogen and oxygen atoms in total. The molecule has 0 atom stereocenters. The van der Waals surface area contributed by atoms with E-state index in [2.05, 4.69) is 0 Å². The molecule has 1 amide bonds. The van der Waals surface area contributed by atoms with E-state index in [1.54, 1.807) is 12.1 Å². The first kappa shape index (κ1) is 17.8. The van der Waals surface area contributed by atoms with Crippen molar-refractivity contribution >= 4 is 87.1 Å². The summed E-state index contributed by atoms with van der Waals surface area (Å²) in [4.78, 5) is 12.3. The normalized spacial score (nSPS) is 10.6. The molecular weight excluding hydrogens is 415 g/mol. The van der Waals surface area contributed by atoms with E-state index in [4.69, 9.17) is 69.6 Å². The second-order valence-corrected chi connectivity index (χ2v) is 6.33. The fourth-order valence-electron chi connectivity index (χ4n) is 1.73. The molecule has 2 aromatic carbocycles. The summed E-state index contributed by atoms with van der Waals surface area (Å²) < 4.78 is 0. The highest BCUT2D eigenvalue weighted by Crippen LogP contribution is 2.49. The van der Waals surface area contributed by atoms with Crippen molar-refractivity contribution in [3.8, 4) is 0 Å². The van der Waals surface area contributed by atoms with Crippen LogP contribution in [0, 0.1) is 0 Å². The summed E-state index contributed by atoms with van der Waals surface area (Å²) in [6.45, 7) is 0. The Hall–Kier alpha value is -0.550. The predicted octanol–water partition coefficient (Wildman–Crippen LogP) is 6.09. The third-order valence-corrected chi connectivity index (χ3v) is 5.15. The maximum Gasteiger partial charge on any atom is 0.146 e. The third kappa shape index (κ3) is 3.21. The molecule has 0 saturated carbocycles. The summed E-state index contributed by atoms with van der Waals surface area (Å²) >= 11 is 35.8. The number of rotatable bonds is 2. The SMILES string of the molecule is O=C([O-])N(c1cccc(Cl)c1)c1c(Cl)c(Cl)c(Cl)c(Cl)c1Cl. The van der Waals surface area contributed by atoms with E-state index in [1.165, 1.54) is 12.1 Å². The molecule has 2 rings (SSSR count). The van der Waals surface area contributed by atoms with E-state index in [-0.39, 0.29) is 36.5 Å². The minimum atomic E-state index is -1.60. The van der Waals surface area contributed by atoms with Gasteiger partial charge in [0.25, 0.3) is 0 Å². The first-order chi connectivity index (χ1) is 10.3. The number of benzene rings is 2. The highest BCUT2D eigenvalue weighted by molar-refractivity contribution is 6.56. The molecule has 0 bridgehead atoms. The number of hydrogen-bond acceptors (Lipinski definition) is 2. The van der Waals surface area contributed by atoms with Crippen LogP contribution in [-0.2, 0) is 0 Å². The standard InChI is InChI=1S/C13H5Cl6NO2/c14-5-2-1-3-6(4-5)20(13(21)22)12-10(18)8(16)7(15)9(17)11(12)19/h1-4H,(H,21,22)/p-1. The van der Waals surface area contributed by atoms with Crippen LogP contribution in [0.3, 0.4) is 0 Å². The fourth-order valence-corrected chi connectivity index (χ4v) is 3.21. The number of amides is 1. The van der Waals surface area contributed by atoms with Gasteiger partial charge in [-0.05, 0) is 18.2 Å². The van der Waals surface area contributed by atoms with Gasteiger partial charge in [-0.15, -0.1) is 0 Å². The Morgan fingerprint density at radius 3 is 1.82 bits per heavy atom. The van der Waals surface area contributed by atoms with Crippen molar-refractivity contribution < 1.29 is 9.90 Å². The van der Waals surface area contributed by atoms with Crippen LogP contribution in [0.25, 0.3) is 0 Å². The van der Waals surface area contributed by atoms with Crippen LogP contribution in [0.5, 0.6) is 0 Å². The van der Waals surface area contributed by atoms with Crippen LogP contribution >= 0.6 is 69.6 Å². The van der Waals surface area contributed by atoms with Crippen molar-refractivity contribution in [2.24, 2.45) is 0 Å². The lowest BCUT2D eigenvalue weighted by Crippen LogP contribution is -2.38. The largest absolute Gasteiger partial charge is 0.529 e. The highest BCUT2D eigenvalue weighted by Gasteiger charge is 2.25. The van der Waals surface area contributed by atoms with Crippen molar-refractivity contribution in [2.45, 2.75) is 0 Å². The maximum atomic E-state index is 11.6. The summed E-state index contributed by atoms with van der Waals surface area (Å²) in [5.41, 5.74) is -0.00393. The van der Waals surface area contributed by atoms with Gasteiger partial charge in [-0.25, -0.2) is 0 Å². The Morgan fingerprint density at radius 1 is 0.864 bits per heavy atom. The Labute approximate surface area is 155 Å². The van der Waals surface area contributed by atoms with Crippen molar-refractivity contribution in [1.29, 1.82) is 0 Å². The monoisotopic (exact) mass is 416 g/mol. The minimum absolute atomic E-state index is 0.0773. The number of nitrogens with zero attached hydrogens (tertiary/aromatic N) is 1. The second kappa shape index (κ2) is 6.91. The quantitative estimate of drug-likeness (QED) is 0.437. The lowest BCUT2D eigenvalue weighted by Gasteiger charge is -2.28. The van der Waals surface area contributed by atoms with Crippen LogP contribution in [0.1, 0.15) is 0 Å². The van der Waals surface area contributed by atoms with E-state index in [1.807, 2.05) is 0 Å². The molecule has 22 heavy (non-hydrogen) atoms. The van der Waals surface area contributed by atoms with Crippen molar-refractivity contribution in [1.82, 2.24) is 0 Å². The summed E-state index contributed by atoms with van der Waals surface area (Å²) in [6.07, 6.45) is -1.60. The smallest absolute Gasteiger partial charge is 0.146 e. The van der Waals surface area contributed by atoms with Gasteiger partial charge in [0, 0.05) is 10.7 Å². The van der Waals surface area contributed by atoms with E-state index in [0.29, 0.717) is 9.92 Å². The van der Waals surface area contributed by atoms with Crippen LogP contribution in [-0.4, -0.2) is 6.09 Å². The van der Waals surface area contributed by atoms with Gasteiger partial charge >= 0.3 is 0 Å². The van der Waals surface area contributed by atoms with Crippen molar-refractivity contribution in [2.75, 3.05) is 4.90 Å². The van der Waals surface area contributed by atoms with Crippen molar-refractivity contribution in [3.63, 3.8) is 0 Å². The lowest BCUT2D eigenvalue weighted by atomic mass is 10.2. The van der Waals surface area contributed by atoms with Crippen molar-refractivity contribution in [3.05, 3.63) is 54.4 Å². The van der Waals surface area contributed by atoms with Crippen LogP contribution < -0.4 is 10.0 Å². The Morgan fingerprint density at radius 2 is 1.36 bits per heavy atom. The molecule has 0 spiro atoms. The Bertz CT molecular complexity index is 735. The molecule has 0 saturated heterocycles. The molecule has 0 aliphatic rings. The molecule has 116 valence electrons. The third-order valence-electron chi connectivity index (χ3n) is 2.66. The zero-order valence-corrected chi connectivity index (χ0v) is 14.9. The highest BCUT2D eigenvalue weighted by atomic mass is 35.5. The van der Waals surface area contributed by atoms with E-state index in [0.717, 1.165) is 0 Å². The van der Waals surface area contributed by atoms with E-state index < -0.39 is 6.09 Å². The van der Waals surface area contributed by atoms with Gasteiger partial charge in [0.05, 0.1) is 30.8 Å². The average molecular weight is 419 g/mol. The van der Waals surface area contributed by atoms with Gasteiger partial charge in [-0.1, -0.05) is 75.7 Å². The molecular formula is C13H4Cl6NO2-. The summed E-state index contributed by atoms with van der Waals surface area (Å²) in [5.74, 6) is 0. The van der Waals surface area contributed by atoms with Gasteiger partial charge in [-0.2, -0.15) is 0 Å². The number of carbonyl (C=O) groups excluding carboxylic acids is 1. The lowest BCUT2D eigenvalue weighted by molar-refractivity contribution is -0.245. The average Bonchev–Trinajstić information content (AvgIpc) is 2.47. The molecule has 0 fully saturated rings. The molecule has 2 aromatic rings. The number of anilines is 2. The molecule has 0 radical (unpaired) electrons. The maximum absolute atomic E-state index is 11.6. The molecule has 0 unspecified atom stereocenters. The van der Waals surface area contributed by atoms with Gasteiger partial charge in [0.2, 0.25) is 0 Å². The number of carbonyl (C=O) groups is 1. The predicted molar refractivity (Wildman–Crippen MR) is 90.5 cm³/mol. The molecule has 0 N–H and O–H groups in total. The number of hydrogen-bond donors (Lipinski definition) is 0. The number of halogens is 6. The Balaban J connectivity index is 2.78. The molecule has 0 aliphatic carbocycles. The van der Waals surface area contributed by atoms with Crippen LogP contribution in [0.4, 0.5) is 16.2 Å². The molecule has 0 aliphatic heterocycles. The summed E-state index contributed by atoms with van der Waals surface area (Å²) in [7, 11) is 0. The first-order valence-corrected chi connectivity index (χ1v) is 7.80. The minimum Gasteiger partial charge on any atom is -0.529 e. The van der Waals surface area contributed by atoms with Crippen LogP contribution in [0.15, 0.2) is 24.3 Å². The van der Waals surface area contributed by atoms with E-state index >= 15 is 0 Å². The first-order valence-electron chi connectivity index (χ1n) is 5.53.